The third-order valence-corrected chi connectivity index (χ3v) is 21.3. The summed E-state index contributed by atoms with van der Waals surface area (Å²) in [6.45, 7) is 9.91. The fourth-order valence-corrected chi connectivity index (χ4v) is 19.9. The van der Waals surface area contributed by atoms with Crippen LogP contribution < -0.4 is 3.58 Å². The molecule has 0 saturated carbocycles. The number of nitrogens with zero attached hydrogens (tertiary/aromatic N) is 1. The van der Waals surface area contributed by atoms with Crippen molar-refractivity contribution in [1.82, 2.24) is 4.90 Å². The SMILES string of the molecule is CCC[CH2][Sn]([CH2]CCC)([CH2]CCC)[c]1ccc(C(=O)N(C)CCC)cc1. The maximum absolute atomic E-state index is 12.6. The molecule has 0 aliphatic rings. The Morgan fingerprint density at radius 2 is 1.27 bits per heavy atom. The van der Waals surface area contributed by atoms with E-state index >= 15 is 0 Å². The number of rotatable bonds is 13. The van der Waals surface area contributed by atoms with Crippen LogP contribution in [-0.2, 0) is 0 Å². The molecule has 1 aromatic carbocycles. The second-order valence-electron chi connectivity index (χ2n) is 7.90. The van der Waals surface area contributed by atoms with E-state index in [0.717, 1.165) is 18.5 Å². The molecule has 1 aromatic rings. The summed E-state index contributed by atoms with van der Waals surface area (Å²) < 4.78 is 6.10. The van der Waals surface area contributed by atoms with Crippen LogP contribution >= 0.6 is 0 Å². The van der Waals surface area contributed by atoms with E-state index in [1.807, 2.05) is 11.9 Å². The number of amides is 1. The van der Waals surface area contributed by atoms with E-state index in [4.69, 9.17) is 0 Å². The number of hydrogen-bond acceptors (Lipinski definition) is 1. The molecule has 1 rings (SSSR count). The van der Waals surface area contributed by atoms with Crippen LogP contribution in [0.25, 0.3) is 0 Å². The van der Waals surface area contributed by atoms with Gasteiger partial charge < -0.3 is 0 Å². The number of hydrogen-bond donors (Lipinski definition) is 0. The van der Waals surface area contributed by atoms with E-state index in [9.17, 15) is 4.79 Å². The standard InChI is InChI=1S/C11H14NO.3C4H9.Sn/c1-3-9-12(2)11(13)10-7-5-4-6-8-10;3*1-3-4-2;/h5-8H,3,9H2,1-2H3;3*1,3-4H2,2H3;. The molecule has 0 unspecified atom stereocenters. The molecule has 148 valence electrons. The first-order valence-electron chi connectivity index (χ1n) is 10.9. The van der Waals surface area contributed by atoms with E-state index in [1.165, 1.54) is 51.8 Å². The van der Waals surface area contributed by atoms with E-state index in [1.54, 1.807) is 3.58 Å². The van der Waals surface area contributed by atoms with E-state index < -0.39 is 18.4 Å². The van der Waals surface area contributed by atoms with Gasteiger partial charge in [-0.25, -0.2) is 0 Å². The fraction of sp³-hybridized carbons (Fsp3) is 0.696. The zero-order chi connectivity index (χ0) is 19.4. The summed E-state index contributed by atoms with van der Waals surface area (Å²) in [5, 5.41) is 0. The van der Waals surface area contributed by atoms with Gasteiger partial charge in [0.05, 0.1) is 0 Å². The molecule has 26 heavy (non-hydrogen) atoms. The number of carbonyl (C=O) groups excluding carboxylic acids is 1. The summed E-state index contributed by atoms with van der Waals surface area (Å²) in [7, 11) is 1.91. The maximum atomic E-state index is 12.6. The molecule has 3 heteroatoms. The Bertz CT molecular complexity index is 490. The molecule has 1 amide bonds. The van der Waals surface area contributed by atoms with Gasteiger partial charge in [-0.15, -0.1) is 0 Å². The van der Waals surface area contributed by atoms with Gasteiger partial charge in [0.25, 0.3) is 0 Å². The number of benzene rings is 1. The van der Waals surface area contributed by atoms with E-state index in [-0.39, 0.29) is 5.91 Å². The Morgan fingerprint density at radius 3 is 1.65 bits per heavy atom. The van der Waals surface area contributed by atoms with Crippen molar-refractivity contribution >= 4 is 27.9 Å². The molecule has 2 nitrogen and oxygen atoms in total. The molecule has 0 radical (unpaired) electrons. The summed E-state index contributed by atoms with van der Waals surface area (Å²) in [6.07, 6.45) is 9.04. The van der Waals surface area contributed by atoms with Gasteiger partial charge in [-0.1, -0.05) is 0 Å². The van der Waals surface area contributed by atoms with E-state index in [0.29, 0.717) is 0 Å². The molecule has 0 heterocycles. The topological polar surface area (TPSA) is 20.3 Å². The third-order valence-electron chi connectivity index (χ3n) is 5.68. The minimum absolute atomic E-state index is 0.162. The van der Waals surface area contributed by atoms with Crippen LogP contribution in [0.3, 0.4) is 0 Å². The van der Waals surface area contributed by atoms with Gasteiger partial charge in [0, 0.05) is 0 Å². The number of carbonyl (C=O) groups is 1. The van der Waals surface area contributed by atoms with Crippen molar-refractivity contribution < 1.29 is 4.79 Å². The van der Waals surface area contributed by atoms with Crippen molar-refractivity contribution in [2.45, 2.75) is 86.0 Å². The van der Waals surface area contributed by atoms with Gasteiger partial charge >= 0.3 is 167 Å². The average molecular weight is 466 g/mol. The normalized spacial score (nSPS) is 11.6. The minimum atomic E-state index is -2.36. The van der Waals surface area contributed by atoms with Crippen LogP contribution in [-0.4, -0.2) is 42.8 Å². The number of unbranched alkanes of at least 4 members (excludes halogenated alkanes) is 3. The van der Waals surface area contributed by atoms with Crippen LogP contribution in [0.5, 0.6) is 0 Å². The molecule has 0 N–H and O–H groups in total. The van der Waals surface area contributed by atoms with Crippen LogP contribution in [0.4, 0.5) is 0 Å². The van der Waals surface area contributed by atoms with Crippen LogP contribution in [0, 0.1) is 0 Å². The van der Waals surface area contributed by atoms with Crippen molar-refractivity contribution in [3.63, 3.8) is 0 Å². The van der Waals surface area contributed by atoms with Gasteiger partial charge in [0.2, 0.25) is 0 Å². The molecular formula is C23H41NOSn. The first-order valence-corrected chi connectivity index (χ1v) is 18.4. The Hall–Kier alpha value is -0.511. The summed E-state index contributed by atoms with van der Waals surface area (Å²) in [6, 6.07) is 8.90. The molecular weight excluding hydrogens is 425 g/mol. The van der Waals surface area contributed by atoms with Gasteiger partial charge in [0.1, 0.15) is 0 Å². The summed E-state index contributed by atoms with van der Waals surface area (Å²) >= 11 is -2.36. The van der Waals surface area contributed by atoms with Crippen LogP contribution in [0.2, 0.25) is 13.3 Å². The monoisotopic (exact) mass is 467 g/mol. The first kappa shape index (κ1) is 23.5. The molecule has 0 spiro atoms. The molecule has 0 saturated heterocycles. The Balaban J connectivity index is 3.09. The summed E-state index contributed by atoms with van der Waals surface area (Å²) in [5.41, 5.74) is 0.853. The Morgan fingerprint density at radius 1 is 0.808 bits per heavy atom. The van der Waals surface area contributed by atoms with Gasteiger partial charge in [-0.2, -0.15) is 0 Å². The first-order chi connectivity index (χ1) is 12.5. The molecule has 0 atom stereocenters. The average Bonchev–Trinajstić information content (AvgIpc) is 2.67. The predicted octanol–water partition coefficient (Wildman–Crippen LogP) is 6.22. The van der Waals surface area contributed by atoms with Crippen LogP contribution in [0.1, 0.15) is 83.0 Å². The van der Waals surface area contributed by atoms with Crippen molar-refractivity contribution in [2.24, 2.45) is 0 Å². The second kappa shape index (κ2) is 12.8. The van der Waals surface area contributed by atoms with Crippen LogP contribution in [0.15, 0.2) is 24.3 Å². The van der Waals surface area contributed by atoms with E-state index in [2.05, 4.69) is 52.0 Å². The molecule has 0 fully saturated rings. The van der Waals surface area contributed by atoms with Crippen molar-refractivity contribution in [1.29, 1.82) is 0 Å². The predicted molar refractivity (Wildman–Crippen MR) is 118 cm³/mol. The zero-order valence-corrected chi connectivity index (χ0v) is 20.8. The zero-order valence-electron chi connectivity index (χ0n) is 17.9. The van der Waals surface area contributed by atoms with Crippen molar-refractivity contribution in [3.8, 4) is 0 Å². The fourth-order valence-electron chi connectivity index (χ4n) is 3.98. The third kappa shape index (κ3) is 6.90. The van der Waals surface area contributed by atoms with Crippen molar-refractivity contribution in [3.05, 3.63) is 29.8 Å². The summed E-state index contributed by atoms with van der Waals surface area (Å²) in [4.78, 5) is 14.4. The Labute approximate surface area is 166 Å². The molecule has 0 aliphatic heterocycles. The quantitative estimate of drug-likeness (QED) is 0.316. The Kier molecular flexibility index (Phi) is 11.6. The second-order valence-corrected chi connectivity index (χ2v) is 21.1. The molecule has 0 bridgehead atoms. The van der Waals surface area contributed by atoms with Gasteiger partial charge in [-0.3, -0.25) is 0 Å². The molecule has 0 aromatic heterocycles. The molecule has 0 aliphatic carbocycles. The summed E-state index contributed by atoms with van der Waals surface area (Å²) in [5.74, 6) is 0.162. The van der Waals surface area contributed by atoms with Gasteiger partial charge in [0.15, 0.2) is 0 Å². The van der Waals surface area contributed by atoms with Gasteiger partial charge in [-0.05, 0) is 0 Å². The van der Waals surface area contributed by atoms with Crippen molar-refractivity contribution in [2.75, 3.05) is 13.6 Å².